The Morgan fingerprint density at radius 1 is 1.24 bits per heavy atom. The van der Waals surface area contributed by atoms with Crippen LogP contribution in [0.25, 0.3) is 10.9 Å². The Kier molecular flexibility index (Phi) is 4.72. The van der Waals surface area contributed by atoms with Crippen LogP contribution in [0.4, 0.5) is 10.1 Å². The lowest BCUT2D eigenvalue weighted by atomic mass is 10.1. The second-order valence-corrected chi connectivity index (χ2v) is 5.99. The lowest BCUT2D eigenvalue weighted by Gasteiger charge is -2.16. The average Bonchev–Trinajstić information content (AvgIpc) is 3.01. The molecule has 0 unspecified atom stereocenters. The average molecular weight is 360 g/mol. The molecule has 128 valence electrons. The number of hydrogen-bond donors (Lipinski definition) is 2. The fraction of sp³-hybridized carbons (Fsp3) is 0.111. The highest BCUT2D eigenvalue weighted by Crippen LogP contribution is 2.20. The molecule has 3 rings (SSSR count). The van der Waals surface area contributed by atoms with Gasteiger partial charge in [-0.3, -0.25) is 9.59 Å². The van der Waals surface area contributed by atoms with E-state index in [0.29, 0.717) is 11.3 Å². The van der Waals surface area contributed by atoms with Gasteiger partial charge in [0.2, 0.25) is 5.91 Å². The molecule has 1 heterocycles. The predicted molar refractivity (Wildman–Crippen MR) is 95.3 cm³/mol. The molecule has 0 aliphatic rings. The van der Waals surface area contributed by atoms with E-state index in [2.05, 4.69) is 10.3 Å². The summed E-state index contributed by atoms with van der Waals surface area (Å²) >= 11 is 5.68. The summed E-state index contributed by atoms with van der Waals surface area (Å²) in [6, 6.07) is 11.3. The third-order valence-corrected chi connectivity index (χ3v) is 4.04. The highest BCUT2D eigenvalue weighted by Gasteiger charge is 2.18. The minimum atomic E-state index is -0.564. The smallest absolute Gasteiger partial charge is 0.256 e. The standard InChI is InChI=1S/C18H15ClFN3O2/c1-23(10-17(24)22-11-6-7-15(20)14(19)8-11)18(25)13-9-21-16-5-3-2-4-12(13)16/h2-9,21H,10H2,1H3,(H,22,24). The number of likely N-dealkylation sites (N-methyl/N-ethyl adjacent to an activating group) is 1. The van der Waals surface area contributed by atoms with Crippen molar-refractivity contribution in [3.8, 4) is 0 Å². The number of aromatic nitrogens is 1. The number of aromatic amines is 1. The molecule has 0 atom stereocenters. The van der Waals surface area contributed by atoms with Gasteiger partial charge in [0.25, 0.3) is 5.91 Å². The van der Waals surface area contributed by atoms with Gasteiger partial charge in [-0.15, -0.1) is 0 Å². The van der Waals surface area contributed by atoms with Crippen molar-refractivity contribution in [2.24, 2.45) is 0 Å². The maximum atomic E-state index is 13.1. The number of carbonyl (C=O) groups excluding carboxylic acids is 2. The first kappa shape index (κ1) is 17.0. The second-order valence-electron chi connectivity index (χ2n) is 5.59. The highest BCUT2D eigenvalue weighted by atomic mass is 35.5. The van der Waals surface area contributed by atoms with Gasteiger partial charge in [0.05, 0.1) is 17.1 Å². The van der Waals surface area contributed by atoms with Crippen molar-refractivity contribution in [2.45, 2.75) is 0 Å². The van der Waals surface area contributed by atoms with Crippen molar-refractivity contribution >= 4 is 40.0 Å². The molecule has 3 aromatic rings. The largest absolute Gasteiger partial charge is 0.360 e. The highest BCUT2D eigenvalue weighted by molar-refractivity contribution is 6.31. The molecule has 0 aliphatic carbocycles. The van der Waals surface area contributed by atoms with Crippen LogP contribution in [0.5, 0.6) is 0 Å². The minimum Gasteiger partial charge on any atom is -0.360 e. The fourth-order valence-electron chi connectivity index (χ4n) is 2.52. The molecule has 5 nitrogen and oxygen atoms in total. The molecular formula is C18H15ClFN3O2. The zero-order chi connectivity index (χ0) is 18.0. The van der Waals surface area contributed by atoms with Crippen LogP contribution in [-0.2, 0) is 4.79 Å². The molecular weight excluding hydrogens is 345 g/mol. The molecule has 0 saturated heterocycles. The van der Waals surface area contributed by atoms with Gasteiger partial charge in [-0.1, -0.05) is 29.8 Å². The summed E-state index contributed by atoms with van der Waals surface area (Å²) in [4.78, 5) is 29.0. The summed E-state index contributed by atoms with van der Waals surface area (Å²) in [5.74, 6) is -1.24. The summed E-state index contributed by atoms with van der Waals surface area (Å²) in [7, 11) is 1.54. The maximum Gasteiger partial charge on any atom is 0.256 e. The molecule has 0 aliphatic heterocycles. The topological polar surface area (TPSA) is 65.2 Å². The van der Waals surface area contributed by atoms with Crippen molar-refractivity contribution in [3.63, 3.8) is 0 Å². The van der Waals surface area contributed by atoms with E-state index < -0.39 is 11.7 Å². The number of nitrogens with zero attached hydrogens (tertiary/aromatic N) is 1. The van der Waals surface area contributed by atoms with Gasteiger partial charge in [0, 0.05) is 29.8 Å². The van der Waals surface area contributed by atoms with E-state index in [9.17, 15) is 14.0 Å². The third kappa shape index (κ3) is 3.64. The molecule has 0 radical (unpaired) electrons. The van der Waals surface area contributed by atoms with E-state index in [4.69, 9.17) is 11.6 Å². The first-order chi connectivity index (χ1) is 12.0. The van der Waals surface area contributed by atoms with Crippen molar-refractivity contribution in [2.75, 3.05) is 18.9 Å². The number of halogens is 2. The Morgan fingerprint density at radius 2 is 2.00 bits per heavy atom. The van der Waals surface area contributed by atoms with Gasteiger partial charge in [0.1, 0.15) is 5.82 Å². The molecule has 0 fully saturated rings. The number of fused-ring (bicyclic) bond motifs is 1. The Balaban J connectivity index is 1.68. The first-order valence-corrected chi connectivity index (χ1v) is 7.90. The summed E-state index contributed by atoms with van der Waals surface area (Å²) < 4.78 is 13.1. The van der Waals surface area contributed by atoms with Crippen LogP contribution in [0.2, 0.25) is 5.02 Å². The second kappa shape index (κ2) is 6.94. The Hall–Kier alpha value is -2.86. The van der Waals surface area contributed by atoms with Crippen molar-refractivity contribution in [1.29, 1.82) is 0 Å². The number of carbonyl (C=O) groups is 2. The number of amides is 2. The molecule has 0 saturated carbocycles. The van der Waals surface area contributed by atoms with Gasteiger partial charge < -0.3 is 15.2 Å². The number of rotatable bonds is 4. The molecule has 1 aromatic heterocycles. The first-order valence-electron chi connectivity index (χ1n) is 7.52. The van der Waals surface area contributed by atoms with Gasteiger partial charge in [-0.2, -0.15) is 0 Å². The van der Waals surface area contributed by atoms with Crippen LogP contribution in [-0.4, -0.2) is 35.3 Å². The van der Waals surface area contributed by atoms with Crippen LogP contribution in [0.1, 0.15) is 10.4 Å². The monoisotopic (exact) mass is 359 g/mol. The minimum absolute atomic E-state index is 0.0824. The van der Waals surface area contributed by atoms with Gasteiger partial charge >= 0.3 is 0 Å². The summed E-state index contributed by atoms with van der Waals surface area (Å²) in [5, 5.41) is 3.30. The van der Waals surface area contributed by atoms with Crippen LogP contribution >= 0.6 is 11.6 Å². The lowest BCUT2D eigenvalue weighted by Crippen LogP contribution is -2.34. The summed E-state index contributed by atoms with van der Waals surface area (Å²) in [6.07, 6.45) is 1.63. The number of anilines is 1. The number of H-pyrrole nitrogens is 1. The molecule has 2 N–H and O–H groups in total. The van der Waals surface area contributed by atoms with Crippen molar-refractivity contribution < 1.29 is 14.0 Å². The number of para-hydroxylation sites is 1. The van der Waals surface area contributed by atoms with Gasteiger partial charge in [-0.05, 0) is 24.3 Å². The molecule has 2 amide bonds. The SMILES string of the molecule is CN(CC(=O)Nc1ccc(F)c(Cl)c1)C(=O)c1c[nH]c2ccccc12. The van der Waals surface area contributed by atoms with Crippen molar-refractivity contribution in [3.05, 3.63) is 65.1 Å². The molecule has 0 bridgehead atoms. The lowest BCUT2D eigenvalue weighted by molar-refractivity contribution is -0.116. The van der Waals surface area contributed by atoms with E-state index in [1.165, 1.54) is 23.1 Å². The molecule has 7 heteroatoms. The van der Waals surface area contributed by atoms with Crippen LogP contribution in [0.3, 0.4) is 0 Å². The fourth-order valence-corrected chi connectivity index (χ4v) is 2.70. The Bertz CT molecular complexity index is 954. The zero-order valence-electron chi connectivity index (χ0n) is 13.3. The zero-order valence-corrected chi connectivity index (χ0v) is 14.1. The third-order valence-electron chi connectivity index (χ3n) is 3.75. The summed E-state index contributed by atoms with van der Waals surface area (Å²) in [6.45, 7) is -0.146. The molecule has 0 spiro atoms. The Morgan fingerprint density at radius 3 is 2.76 bits per heavy atom. The van der Waals surface area contributed by atoms with E-state index in [1.54, 1.807) is 13.2 Å². The number of benzene rings is 2. The van der Waals surface area contributed by atoms with E-state index in [-0.39, 0.29) is 17.5 Å². The van der Waals surface area contributed by atoms with E-state index >= 15 is 0 Å². The van der Waals surface area contributed by atoms with Crippen LogP contribution in [0, 0.1) is 5.82 Å². The summed E-state index contributed by atoms with van der Waals surface area (Å²) in [5.41, 5.74) is 1.71. The van der Waals surface area contributed by atoms with E-state index in [1.807, 2.05) is 24.3 Å². The normalized spacial score (nSPS) is 10.7. The predicted octanol–water partition coefficient (Wildman–Crippen LogP) is 3.67. The van der Waals surface area contributed by atoms with Gasteiger partial charge in [-0.25, -0.2) is 4.39 Å². The number of nitrogens with one attached hydrogen (secondary N) is 2. The molecule has 2 aromatic carbocycles. The quantitative estimate of drug-likeness (QED) is 0.746. The van der Waals surface area contributed by atoms with Crippen molar-refractivity contribution in [1.82, 2.24) is 9.88 Å². The van der Waals surface area contributed by atoms with Crippen LogP contribution < -0.4 is 5.32 Å². The Labute approximate surface area is 148 Å². The van der Waals surface area contributed by atoms with Gasteiger partial charge in [0.15, 0.2) is 0 Å². The van der Waals surface area contributed by atoms with E-state index in [0.717, 1.165) is 10.9 Å². The van der Waals surface area contributed by atoms with Crippen LogP contribution in [0.15, 0.2) is 48.7 Å². The molecule has 25 heavy (non-hydrogen) atoms. The number of hydrogen-bond acceptors (Lipinski definition) is 2. The maximum absolute atomic E-state index is 13.1.